The number of alkyl carbamates (subject to hydrolysis) is 2. The Kier molecular flexibility index (Phi) is 9.74. The highest BCUT2D eigenvalue weighted by molar-refractivity contribution is 5.76. The molecule has 1 unspecified atom stereocenters. The maximum atomic E-state index is 11.5. The first kappa shape index (κ1) is 19.0. The summed E-state index contributed by atoms with van der Waals surface area (Å²) < 4.78 is 8.97. The van der Waals surface area contributed by atoms with Gasteiger partial charge in [-0.1, -0.05) is 13.8 Å². The predicted molar refractivity (Wildman–Crippen MR) is 76.8 cm³/mol. The molecule has 3 amide bonds. The van der Waals surface area contributed by atoms with E-state index in [4.69, 9.17) is 0 Å². The summed E-state index contributed by atoms with van der Waals surface area (Å²) in [4.78, 5) is 33.8. The Balaban J connectivity index is 4.17. The molecule has 0 radical (unpaired) electrons. The topological polar surface area (TPSA) is 106 Å². The highest BCUT2D eigenvalue weighted by atomic mass is 16.5. The number of amides is 3. The van der Waals surface area contributed by atoms with E-state index < -0.39 is 12.2 Å². The van der Waals surface area contributed by atoms with E-state index in [1.807, 2.05) is 13.8 Å². The second-order valence-electron chi connectivity index (χ2n) is 4.94. The molecular formula is C13H25N3O5. The molecule has 0 aromatic heterocycles. The molecule has 8 heteroatoms. The van der Waals surface area contributed by atoms with Crippen LogP contribution in [-0.4, -0.2) is 51.4 Å². The number of hydrogen-bond donors (Lipinski definition) is 3. The lowest BCUT2D eigenvalue weighted by atomic mass is 10.1. The second kappa shape index (κ2) is 10.8. The van der Waals surface area contributed by atoms with E-state index in [0.29, 0.717) is 19.4 Å². The molecule has 0 aromatic rings. The maximum Gasteiger partial charge on any atom is 0.407 e. The Morgan fingerprint density at radius 2 is 1.62 bits per heavy atom. The summed E-state index contributed by atoms with van der Waals surface area (Å²) in [6.07, 6.45) is -0.269. The molecule has 0 aliphatic rings. The molecule has 0 aromatic carbocycles. The van der Waals surface area contributed by atoms with E-state index in [0.717, 1.165) is 0 Å². The summed E-state index contributed by atoms with van der Waals surface area (Å²) in [5.41, 5.74) is 0. The largest absolute Gasteiger partial charge is 0.453 e. The van der Waals surface area contributed by atoms with Crippen LogP contribution in [0.2, 0.25) is 0 Å². The van der Waals surface area contributed by atoms with Crippen LogP contribution in [0.4, 0.5) is 9.59 Å². The number of hydrogen-bond acceptors (Lipinski definition) is 5. The SMILES string of the molecule is COC(=O)NCC(CCNC(=O)CC(C)C)NC(=O)OC. The standard InChI is InChI=1S/C13H25N3O5/c1-9(2)7-11(17)14-6-5-10(16-13(19)21-4)8-15-12(18)20-3/h9-10H,5-8H2,1-4H3,(H,14,17)(H,15,18)(H,16,19). The molecule has 0 bridgehead atoms. The first-order valence-corrected chi connectivity index (χ1v) is 6.82. The molecule has 8 nitrogen and oxygen atoms in total. The highest BCUT2D eigenvalue weighted by Crippen LogP contribution is 1.98. The lowest BCUT2D eigenvalue weighted by Gasteiger charge is -2.18. The zero-order valence-electron chi connectivity index (χ0n) is 13.0. The fraction of sp³-hybridized carbons (Fsp3) is 0.769. The van der Waals surface area contributed by atoms with Crippen molar-refractivity contribution in [3.05, 3.63) is 0 Å². The number of carbonyl (C=O) groups is 3. The Morgan fingerprint density at radius 1 is 1.00 bits per heavy atom. The van der Waals surface area contributed by atoms with E-state index in [2.05, 4.69) is 25.4 Å². The molecule has 1 atom stereocenters. The molecule has 0 spiro atoms. The van der Waals surface area contributed by atoms with Gasteiger partial charge in [0.15, 0.2) is 0 Å². The first-order valence-electron chi connectivity index (χ1n) is 6.82. The van der Waals surface area contributed by atoms with Crippen LogP contribution in [-0.2, 0) is 14.3 Å². The van der Waals surface area contributed by atoms with Crippen LogP contribution in [0.25, 0.3) is 0 Å². The van der Waals surface area contributed by atoms with Crippen LogP contribution < -0.4 is 16.0 Å². The van der Waals surface area contributed by atoms with E-state index in [1.165, 1.54) is 14.2 Å². The quantitative estimate of drug-likeness (QED) is 0.609. The minimum Gasteiger partial charge on any atom is -0.453 e. The summed E-state index contributed by atoms with van der Waals surface area (Å²) in [5, 5.41) is 7.83. The number of carbonyl (C=O) groups excluding carboxylic acids is 3. The highest BCUT2D eigenvalue weighted by Gasteiger charge is 2.14. The van der Waals surface area contributed by atoms with E-state index in [1.54, 1.807) is 0 Å². The van der Waals surface area contributed by atoms with Gasteiger partial charge in [-0.25, -0.2) is 9.59 Å². The van der Waals surface area contributed by atoms with Gasteiger partial charge in [0, 0.05) is 19.5 Å². The molecule has 0 aliphatic heterocycles. The van der Waals surface area contributed by atoms with Gasteiger partial charge in [-0.3, -0.25) is 4.79 Å². The van der Waals surface area contributed by atoms with Crippen molar-refractivity contribution in [1.29, 1.82) is 0 Å². The van der Waals surface area contributed by atoms with Gasteiger partial charge in [-0.05, 0) is 12.3 Å². The zero-order valence-corrected chi connectivity index (χ0v) is 13.0. The van der Waals surface area contributed by atoms with Crippen molar-refractivity contribution >= 4 is 18.1 Å². The molecule has 122 valence electrons. The fourth-order valence-electron chi connectivity index (χ4n) is 1.56. The average Bonchev–Trinajstić information content (AvgIpc) is 2.42. The van der Waals surface area contributed by atoms with Gasteiger partial charge in [-0.2, -0.15) is 0 Å². The molecule has 0 fully saturated rings. The Labute approximate surface area is 124 Å². The lowest BCUT2D eigenvalue weighted by molar-refractivity contribution is -0.121. The average molecular weight is 303 g/mol. The Bertz CT molecular complexity index is 347. The van der Waals surface area contributed by atoms with E-state index in [9.17, 15) is 14.4 Å². The monoisotopic (exact) mass is 303 g/mol. The van der Waals surface area contributed by atoms with Crippen molar-refractivity contribution in [1.82, 2.24) is 16.0 Å². The van der Waals surface area contributed by atoms with Crippen molar-refractivity contribution in [2.45, 2.75) is 32.7 Å². The van der Waals surface area contributed by atoms with Gasteiger partial charge in [0.1, 0.15) is 0 Å². The summed E-state index contributed by atoms with van der Waals surface area (Å²) in [6.45, 7) is 4.49. The molecule has 0 rings (SSSR count). The molecule has 3 N–H and O–H groups in total. The maximum absolute atomic E-state index is 11.5. The van der Waals surface area contributed by atoms with Crippen molar-refractivity contribution in [3.63, 3.8) is 0 Å². The Morgan fingerprint density at radius 3 is 2.14 bits per heavy atom. The first-order chi connectivity index (χ1) is 9.88. The van der Waals surface area contributed by atoms with Gasteiger partial charge < -0.3 is 25.4 Å². The summed E-state index contributed by atoms with van der Waals surface area (Å²) in [6, 6.07) is -0.365. The van der Waals surface area contributed by atoms with Gasteiger partial charge in [0.25, 0.3) is 0 Å². The van der Waals surface area contributed by atoms with Crippen molar-refractivity contribution in [3.8, 4) is 0 Å². The third kappa shape index (κ3) is 10.5. The van der Waals surface area contributed by atoms with Gasteiger partial charge >= 0.3 is 12.2 Å². The van der Waals surface area contributed by atoms with Gasteiger partial charge in [0.2, 0.25) is 5.91 Å². The van der Waals surface area contributed by atoms with Crippen molar-refractivity contribution < 1.29 is 23.9 Å². The van der Waals surface area contributed by atoms with Crippen LogP contribution in [0.5, 0.6) is 0 Å². The van der Waals surface area contributed by atoms with Gasteiger partial charge in [0.05, 0.1) is 20.3 Å². The summed E-state index contributed by atoms with van der Waals surface area (Å²) in [7, 11) is 2.51. The molecular weight excluding hydrogens is 278 g/mol. The zero-order chi connectivity index (χ0) is 16.3. The minimum atomic E-state index is -0.597. The molecule has 0 saturated heterocycles. The minimum absolute atomic E-state index is 0.0391. The number of nitrogens with one attached hydrogen (secondary N) is 3. The predicted octanol–water partition coefficient (Wildman–Crippen LogP) is 0.619. The molecule has 0 aliphatic carbocycles. The van der Waals surface area contributed by atoms with E-state index in [-0.39, 0.29) is 24.4 Å². The van der Waals surface area contributed by atoms with Crippen LogP contribution in [0.3, 0.4) is 0 Å². The second-order valence-corrected chi connectivity index (χ2v) is 4.94. The molecule has 21 heavy (non-hydrogen) atoms. The fourth-order valence-corrected chi connectivity index (χ4v) is 1.56. The molecule has 0 saturated carbocycles. The van der Waals surface area contributed by atoms with Gasteiger partial charge in [-0.15, -0.1) is 0 Å². The smallest absolute Gasteiger partial charge is 0.407 e. The van der Waals surface area contributed by atoms with Crippen LogP contribution in [0.15, 0.2) is 0 Å². The van der Waals surface area contributed by atoms with Crippen LogP contribution in [0, 0.1) is 5.92 Å². The van der Waals surface area contributed by atoms with E-state index >= 15 is 0 Å². The number of ether oxygens (including phenoxy) is 2. The van der Waals surface area contributed by atoms with Crippen molar-refractivity contribution in [2.75, 3.05) is 27.3 Å². The summed E-state index contributed by atoms with van der Waals surface area (Å²) in [5.74, 6) is 0.248. The van der Waals surface area contributed by atoms with Crippen LogP contribution >= 0.6 is 0 Å². The number of rotatable bonds is 8. The van der Waals surface area contributed by atoms with Crippen molar-refractivity contribution in [2.24, 2.45) is 5.92 Å². The van der Waals surface area contributed by atoms with Crippen LogP contribution in [0.1, 0.15) is 26.7 Å². The molecule has 0 heterocycles. The third-order valence-corrected chi connectivity index (χ3v) is 2.59. The normalized spacial score (nSPS) is 11.5. The summed E-state index contributed by atoms with van der Waals surface area (Å²) >= 11 is 0. The Hall–Kier alpha value is -1.99. The lowest BCUT2D eigenvalue weighted by Crippen LogP contribution is -2.45. The number of methoxy groups -OCH3 is 2. The third-order valence-electron chi connectivity index (χ3n) is 2.59.